The van der Waals surface area contributed by atoms with Crippen LogP contribution in [0.5, 0.6) is 17.5 Å². The fraction of sp³-hybridized carbons (Fsp3) is 0.214. The molecule has 1 aromatic heterocycles. The van der Waals surface area contributed by atoms with Crippen LogP contribution in [-0.4, -0.2) is 25.8 Å². The van der Waals surface area contributed by atoms with Crippen molar-refractivity contribution in [3.63, 3.8) is 0 Å². The lowest BCUT2D eigenvalue weighted by molar-refractivity contribution is -0.127. The number of aromatic nitrogens is 1. The van der Waals surface area contributed by atoms with Crippen molar-refractivity contribution in [2.24, 2.45) is 0 Å². The molecule has 1 fully saturated rings. The normalized spacial score (nSPS) is 21.9. The molecule has 2 bridgehead atoms. The van der Waals surface area contributed by atoms with E-state index in [1.54, 1.807) is 30.3 Å². The van der Waals surface area contributed by atoms with E-state index in [9.17, 15) is 20.1 Å². The van der Waals surface area contributed by atoms with Crippen molar-refractivity contribution in [2.45, 2.75) is 37.4 Å². The third kappa shape index (κ3) is 2.93. The minimum absolute atomic E-state index is 0.0472. The summed E-state index contributed by atoms with van der Waals surface area (Å²) >= 11 is 0. The van der Waals surface area contributed by atoms with E-state index in [-0.39, 0.29) is 35.5 Å². The number of carbonyl (C=O) groups excluding carboxylic acids is 1. The maximum Gasteiger partial charge on any atom is 0.227 e. The zero-order chi connectivity index (χ0) is 25.2. The number of carbonyl (C=O) groups is 1. The van der Waals surface area contributed by atoms with Crippen LogP contribution in [0.1, 0.15) is 37.3 Å². The predicted octanol–water partition coefficient (Wildman–Crippen LogP) is 5.56. The Hall–Kier alpha value is -4.48. The lowest BCUT2D eigenvalue weighted by Crippen LogP contribution is -2.29. The number of nitrogens with one attached hydrogen (secondary N) is 1. The Kier molecular flexibility index (Phi) is 4.59. The van der Waals surface area contributed by atoms with E-state index in [2.05, 4.69) is 10.2 Å². The van der Waals surface area contributed by atoms with Gasteiger partial charge in [0.25, 0.3) is 0 Å². The summed E-state index contributed by atoms with van der Waals surface area (Å²) in [4.78, 5) is 16.6. The highest BCUT2D eigenvalue weighted by Gasteiger charge is 2.62. The van der Waals surface area contributed by atoms with Crippen molar-refractivity contribution in [1.82, 2.24) is 4.57 Å². The van der Waals surface area contributed by atoms with Crippen molar-refractivity contribution in [2.75, 3.05) is 5.32 Å². The third-order valence-corrected chi connectivity index (χ3v) is 7.40. The number of amides is 1. The van der Waals surface area contributed by atoms with Gasteiger partial charge < -0.3 is 25.4 Å². The molecule has 0 saturated carbocycles. The topological polar surface area (TPSA) is 108 Å². The number of anilines is 1. The van der Waals surface area contributed by atoms with E-state index in [0.29, 0.717) is 46.1 Å². The molecule has 180 valence electrons. The summed E-state index contributed by atoms with van der Waals surface area (Å²) in [7, 11) is 0. The first-order valence-electron chi connectivity index (χ1n) is 11.6. The molecule has 8 nitrogen and oxygen atoms in total. The first-order chi connectivity index (χ1) is 17.3. The number of phenolic OH excluding ortho intramolecular Hbond substituents is 1. The molecule has 4 aromatic rings. The highest BCUT2D eigenvalue weighted by molar-refractivity contribution is 6.00. The predicted molar refractivity (Wildman–Crippen MR) is 134 cm³/mol. The van der Waals surface area contributed by atoms with E-state index in [1.807, 2.05) is 31.2 Å². The Bertz CT molecular complexity index is 1620. The average Bonchev–Trinajstić information content (AvgIpc) is 3.44. The van der Waals surface area contributed by atoms with Gasteiger partial charge in [-0.1, -0.05) is 42.5 Å². The second-order valence-electron chi connectivity index (χ2n) is 9.56. The fourth-order valence-corrected chi connectivity index (χ4v) is 5.84. The number of ether oxygens (including phenoxy) is 1. The minimum Gasteiger partial charge on any atom is -0.506 e. The molecular weight excluding hydrogens is 458 g/mol. The largest absolute Gasteiger partial charge is 0.506 e. The zero-order valence-electron chi connectivity index (χ0n) is 19.4. The molecule has 1 saturated heterocycles. The van der Waals surface area contributed by atoms with Crippen LogP contribution in [0.25, 0.3) is 21.3 Å². The van der Waals surface area contributed by atoms with E-state index in [1.165, 1.54) is 10.6 Å². The lowest BCUT2D eigenvalue weighted by Gasteiger charge is -2.25. The molecule has 8 heteroatoms. The molecule has 0 spiro atoms. The van der Waals surface area contributed by atoms with Gasteiger partial charge >= 0.3 is 0 Å². The molecule has 2 aliphatic rings. The Morgan fingerprint density at radius 1 is 1.00 bits per heavy atom. The van der Waals surface area contributed by atoms with E-state index in [0.717, 1.165) is 0 Å². The zero-order valence-corrected chi connectivity index (χ0v) is 19.4. The van der Waals surface area contributed by atoms with Gasteiger partial charge in [-0.15, -0.1) is 0 Å². The molecule has 0 aliphatic carbocycles. The summed E-state index contributed by atoms with van der Waals surface area (Å²) in [6.45, 7) is 9.34. The number of para-hydroxylation sites is 2. The number of hydrogen-bond acceptors (Lipinski definition) is 5. The molecule has 36 heavy (non-hydrogen) atoms. The number of phenols is 1. The number of fused-ring (bicyclic) bond motifs is 6. The van der Waals surface area contributed by atoms with Gasteiger partial charge in [-0.2, -0.15) is 0 Å². The summed E-state index contributed by atoms with van der Waals surface area (Å²) in [6, 6.07) is 17.2. The molecule has 2 aliphatic heterocycles. The Labute approximate surface area is 206 Å². The van der Waals surface area contributed by atoms with Gasteiger partial charge in [0.15, 0.2) is 5.69 Å². The smallest absolute Gasteiger partial charge is 0.227 e. The summed E-state index contributed by atoms with van der Waals surface area (Å²) in [5.41, 5.74) is 0.162. The van der Waals surface area contributed by atoms with Crippen LogP contribution < -0.4 is 5.32 Å². The first-order valence-corrected chi connectivity index (χ1v) is 11.6. The highest BCUT2D eigenvalue weighted by Crippen LogP contribution is 2.65. The van der Waals surface area contributed by atoms with Gasteiger partial charge in [0.2, 0.25) is 17.7 Å². The number of benzene rings is 3. The fourth-order valence-electron chi connectivity index (χ4n) is 5.84. The molecule has 3 heterocycles. The van der Waals surface area contributed by atoms with E-state index < -0.39 is 11.2 Å². The van der Waals surface area contributed by atoms with Crippen LogP contribution in [0, 0.1) is 6.57 Å². The van der Waals surface area contributed by atoms with Crippen LogP contribution in [0.4, 0.5) is 11.4 Å². The molecule has 0 radical (unpaired) electrons. The number of aromatic hydroxyl groups is 3. The van der Waals surface area contributed by atoms with Gasteiger partial charge in [0.05, 0.1) is 41.1 Å². The SMILES string of the molecule is [C-]#[N+]c1ccc(-n2c(O)c3c(c2O)C2(CC(=O)Nc4ccccc4O)CCC3(C)O2)c2ccccc12. The average molecular weight is 482 g/mol. The summed E-state index contributed by atoms with van der Waals surface area (Å²) in [5.74, 6) is -0.767. The molecule has 2 atom stereocenters. The number of rotatable bonds is 4. The maximum atomic E-state index is 13.1. The van der Waals surface area contributed by atoms with Crippen molar-refractivity contribution in [1.29, 1.82) is 0 Å². The van der Waals surface area contributed by atoms with E-state index in [4.69, 9.17) is 11.3 Å². The van der Waals surface area contributed by atoms with Gasteiger partial charge in [-0.25, -0.2) is 4.85 Å². The van der Waals surface area contributed by atoms with E-state index >= 15 is 0 Å². The first kappa shape index (κ1) is 22.0. The van der Waals surface area contributed by atoms with Gasteiger partial charge in [0, 0.05) is 0 Å². The van der Waals surface area contributed by atoms with Crippen molar-refractivity contribution in [3.8, 4) is 23.2 Å². The van der Waals surface area contributed by atoms with Crippen molar-refractivity contribution < 1.29 is 24.9 Å². The quantitative estimate of drug-likeness (QED) is 0.225. The van der Waals surface area contributed by atoms with Gasteiger partial charge in [-0.3, -0.25) is 9.36 Å². The molecule has 3 aromatic carbocycles. The van der Waals surface area contributed by atoms with Crippen LogP contribution >= 0.6 is 0 Å². The second-order valence-corrected chi connectivity index (χ2v) is 9.56. The molecular formula is C28H23N3O5. The molecule has 4 N–H and O–H groups in total. The monoisotopic (exact) mass is 481 g/mol. The second kappa shape index (κ2) is 7.51. The van der Waals surface area contributed by atoms with Gasteiger partial charge in [-0.05, 0) is 48.7 Å². The number of hydrogen-bond donors (Lipinski definition) is 4. The summed E-state index contributed by atoms with van der Waals surface area (Å²) < 4.78 is 7.75. The van der Waals surface area contributed by atoms with Crippen LogP contribution in [-0.2, 0) is 20.7 Å². The molecule has 6 rings (SSSR count). The number of nitrogens with zero attached hydrogens (tertiary/aromatic N) is 2. The maximum absolute atomic E-state index is 13.1. The summed E-state index contributed by atoms with van der Waals surface area (Å²) in [6.07, 6.45) is 0.954. The minimum atomic E-state index is -1.13. The van der Waals surface area contributed by atoms with Gasteiger partial charge in [0.1, 0.15) is 11.4 Å². The summed E-state index contributed by atoms with van der Waals surface area (Å²) in [5, 5.41) is 37.1. The standard InChI is InChI=1S/C28H23N3O5/c1-27-13-14-28(36-27,15-22(33)30-19-9-5-6-10-21(19)32)24-23(27)25(34)31(26(24)35)20-12-11-18(29-2)16-7-3-4-8-17(16)20/h3-12,32,34-35H,13-15H2,1H3,(H,30,33). The van der Waals surface area contributed by atoms with Crippen LogP contribution in [0.15, 0.2) is 60.7 Å². The molecule has 1 amide bonds. The highest BCUT2D eigenvalue weighted by atomic mass is 16.5. The Morgan fingerprint density at radius 2 is 1.69 bits per heavy atom. The lowest BCUT2D eigenvalue weighted by atomic mass is 9.77. The Balaban J connectivity index is 1.47. The van der Waals surface area contributed by atoms with Crippen molar-refractivity contribution in [3.05, 3.63) is 83.2 Å². The molecule has 2 unspecified atom stereocenters. The van der Waals surface area contributed by atoms with Crippen LogP contribution in [0.3, 0.4) is 0 Å². The van der Waals surface area contributed by atoms with Crippen LogP contribution in [0.2, 0.25) is 0 Å². The van der Waals surface area contributed by atoms with Crippen molar-refractivity contribution >= 4 is 28.1 Å². The third-order valence-electron chi connectivity index (χ3n) is 7.40. The Morgan fingerprint density at radius 3 is 2.44 bits per heavy atom.